The molecule has 0 saturated carbocycles. The van der Waals surface area contributed by atoms with E-state index in [0.29, 0.717) is 0 Å². The topological polar surface area (TPSA) is 35.0 Å². The van der Waals surface area contributed by atoms with Crippen LogP contribution in [0.1, 0.15) is 34.7 Å². The van der Waals surface area contributed by atoms with Gasteiger partial charge in [-0.25, -0.2) is 0 Å². The summed E-state index contributed by atoms with van der Waals surface area (Å²) >= 11 is 0. The van der Waals surface area contributed by atoms with Gasteiger partial charge in [0, 0.05) is 0 Å². The van der Waals surface area contributed by atoms with Gasteiger partial charge in [0.05, 0.1) is 0 Å². The fourth-order valence-corrected chi connectivity index (χ4v) is 2.53. The van der Waals surface area contributed by atoms with Crippen LogP contribution in [-0.4, -0.2) is 0 Å². The molecular weight excluding hydrogens is 350 g/mol. The third-order valence-corrected chi connectivity index (χ3v) is 4.13. The fourth-order valence-electron chi connectivity index (χ4n) is 2.53. The van der Waals surface area contributed by atoms with Gasteiger partial charge < -0.3 is 6.15 Å². The zero-order chi connectivity index (χ0) is 20.6. The Hall–Kier alpha value is -3.42. The normalized spacial score (nSPS) is 8.59. The second-order valence-electron chi connectivity index (χ2n) is 5.91. The minimum Gasteiger partial charge on any atom is -0.344 e. The molecule has 0 amide bonds. The van der Waals surface area contributed by atoms with E-state index in [9.17, 15) is 0 Å². The molecule has 150 valence electrons. The maximum absolute atomic E-state index is 3.74. The van der Waals surface area contributed by atoms with E-state index in [1.165, 1.54) is 16.7 Å². The summed E-state index contributed by atoms with van der Waals surface area (Å²) in [6.07, 6.45) is 8.48. The van der Waals surface area contributed by atoms with Gasteiger partial charge in [-0.15, -0.1) is 0 Å². The van der Waals surface area contributed by atoms with Crippen LogP contribution in [0.4, 0.5) is 0 Å². The highest BCUT2D eigenvalue weighted by atomic mass is 14.0. The van der Waals surface area contributed by atoms with Crippen molar-refractivity contribution in [1.82, 2.24) is 6.15 Å². The molecule has 0 fully saturated rings. The minimum atomic E-state index is 0. The highest BCUT2D eigenvalue weighted by Crippen LogP contribution is 2.10. The van der Waals surface area contributed by atoms with Crippen LogP contribution >= 0.6 is 0 Å². The monoisotopic (exact) mass is 383 g/mol. The predicted octanol–water partition coefficient (Wildman–Crippen LogP) is 8.36. The van der Waals surface area contributed by atoms with Gasteiger partial charge in [-0.2, -0.15) is 0 Å². The van der Waals surface area contributed by atoms with Crippen molar-refractivity contribution in [2.75, 3.05) is 0 Å². The highest BCUT2D eigenvalue weighted by molar-refractivity contribution is 5.63. The lowest BCUT2D eigenvalue weighted by molar-refractivity contribution is 1.13. The average Bonchev–Trinajstić information content (AvgIpc) is 2.80. The predicted molar refractivity (Wildman–Crippen MR) is 134 cm³/mol. The number of aryl methyl sites for hydroxylation is 1. The van der Waals surface area contributed by atoms with E-state index in [1.54, 1.807) is 0 Å². The van der Waals surface area contributed by atoms with Gasteiger partial charge >= 0.3 is 0 Å². The molecule has 0 heterocycles. The van der Waals surface area contributed by atoms with Gasteiger partial charge in [0.25, 0.3) is 0 Å². The Morgan fingerprint density at radius 2 is 0.966 bits per heavy atom. The first-order chi connectivity index (χ1) is 13.7. The summed E-state index contributed by atoms with van der Waals surface area (Å²) in [5.74, 6) is 0. The van der Waals surface area contributed by atoms with Crippen molar-refractivity contribution in [3.63, 3.8) is 0 Å². The van der Waals surface area contributed by atoms with Crippen LogP contribution in [0.3, 0.4) is 0 Å². The molecule has 1 nitrogen and oxygen atoms in total. The summed E-state index contributed by atoms with van der Waals surface area (Å²) in [5.41, 5.74) is 6.07. The summed E-state index contributed by atoms with van der Waals surface area (Å²) in [7, 11) is 0. The van der Waals surface area contributed by atoms with Gasteiger partial charge in [-0.1, -0.05) is 136 Å². The highest BCUT2D eigenvalue weighted by Gasteiger charge is 1.92. The van der Waals surface area contributed by atoms with Gasteiger partial charge in [0.2, 0.25) is 0 Å². The molecule has 0 bridgehead atoms. The van der Waals surface area contributed by atoms with Gasteiger partial charge in [-0.3, -0.25) is 0 Å². The number of rotatable bonds is 5. The molecule has 0 atom stereocenters. The van der Waals surface area contributed by atoms with Crippen LogP contribution in [0.15, 0.2) is 105 Å². The summed E-state index contributed by atoms with van der Waals surface area (Å²) in [6, 6.07) is 26.4. The van der Waals surface area contributed by atoms with Crippen LogP contribution in [0.2, 0.25) is 0 Å². The van der Waals surface area contributed by atoms with Crippen molar-refractivity contribution in [2.24, 2.45) is 0 Å². The fraction of sp³-hybridized carbons (Fsp3) is 0.0714. The molecule has 0 spiro atoms. The lowest BCUT2D eigenvalue weighted by atomic mass is 10.1. The summed E-state index contributed by atoms with van der Waals surface area (Å²) < 4.78 is 0. The second kappa shape index (κ2) is 15.6. The van der Waals surface area contributed by atoms with Crippen LogP contribution in [0, 0.1) is 0 Å². The van der Waals surface area contributed by atoms with E-state index < -0.39 is 0 Å². The molecule has 1 heteroatoms. The largest absolute Gasteiger partial charge is 0.344 e. The Bertz CT molecular complexity index is 849. The van der Waals surface area contributed by atoms with Crippen molar-refractivity contribution in [1.29, 1.82) is 0 Å². The van der Waals surface area contributed by atoms with E-state index in [-0.39, 0.29) is 6.15 Å². The van der Waals surface area contributed by atoms with Crippen molar-refractivity contribution in [2.45, 2.75) is 13.3 Å². The Kier molecular flexibility index (Phi) is 13.8. The van der Waals surface area contributed by atoms with E-state index >= 15 is 0 Å². The van der Waals surface area contributed by atoms with Crippen molar-refractivity contribution in [3.8, 4) is 0 Å². The molecular formula is C28H33N. The van der Waals surface area contributed by atoms with Crippen molar-refractivity contribution < 1.29 is 0 Å². The number of hydrogen-bond acceptors (Lipinski definition) is 1. The van der Waals surface area contributed by atoms with Crippen molar-refractivity contribution in [3.05, 3.63) is 133 Å². The first kappa shape index (κ1) is 25.6. The zero-order valence-electron chi connectivity index (χ0n) is 17.6. The molecule has 0 aromatic heterocycles. The molecule has 3 aromatic rings. The van der Waals surface area contributed by atoms with E-state index in [1.807, 2.05) is 85.0 Å². The number of hydrogen-bond donors (Lipinski definition) is 1. The summed E-state index contributed by atoms with van der Waals surface area (Å²) in [4.78, 5) is 0. The van der Waals surface area contributed by atoms with Crippen LogP contribution < -0.4 is 6.15 Å². The average molecular weight is 384 g/mol. The third kappa shape index (κ3) is 9.37. The van der Waals surface area contributed by atoms with Crippen LogP contribution in [0.5, 0.6) is 0 Å². The molecule has 3 rings (SSSR count). The molecule has 0 aliphatic heterocycles. The number of benzene rings is 3. The Morgan fingerprint density at radius 3 is 1.31 bits per heavy atom. The molecule has 0 aliphatic rings. The molecule has 0 radical (unpaired) electrons. The molecule has 29 heavy (non-hydrogen) atoms. The SMILES string of the molecule is C=Cc1ccccc1.C=Cc1ccccc1C=C.C=Cc1ccccc1CC.N. The van der Waals surface area contributed by atoms with E-state index in [2.05, 4.69) is 51.4 Å². The smallest absolute Gasteiger partial charge is 0.0190 e. The molecule has 0 aliphatic carbocycles. The van der Waals surface area contributed by atoms with Crippen molar-refractivity contribution >= 4 is 24.3 Å². The van der Waals surface area contributed by atoms with Gasteiger partial charge in [-0.05, 0) is 34.2 Å². The van der Waals surface area contributed by atoms with E-state index in [0.717, 1.165) is 17.5 Å². The standard InChI is InChI=1S/C10H12.C10H10.C8H8.H3N/c2*1-3-9-7-5-6-8-10(9)4-2;1-2-8-6-4-3-5-7-8;/h3,5-8H,1,4H2,2H3;3-8H,1-2H2;2-7H,1H2;1H3. The third-order valence-electron chi connectivity index (χ3n) is 4.13. The first-order valence-electron chi connectivity index (χ1n) is 9.41. The Labute approximate surface area is 177 Å². The molecule has 0 unspecified atom stereocenters. The quantitative estimate of drug-likeness (QED) is 0.472. The zero-order valence-corrected chi connectivity index (χ0v) is 17.6. The molecule has 0 saturated heterocycles. The second-order valence-corrected chi connectivity index (χ2v) is 5.91. The van der Waals surface area contributed by atoms with Gasteiger partial charge in [0.15, 0.2) is 0 Å². The molecule has 3 aromatic carbocycles. The van der Waals surface area contributed by atoms with Crippen LogP contribution in [-0.2, 0) is 6.42 Å². The minimum absolute atomic E-state index is 0. The maximum Gasteiger partial charge on any atom is -0.0190 e. The van der Waals surface area contributed by atoms with Gasteiger partial charge in [0.1, 0.15) is 0 Å². The van der Waals surface area contributed by atoms with E-state index in [4.69, 9.17) is 0 Å². The summed E-state index contributed by atoms with van der Waals surface area (Å²) in [5, 5.41) is 0. The van der Waals surface area contributed by atoms with Crippen LogP contribution in [0.25, 0.3) is 24.3 Å². The lowest BCUT2D eigenvalue weighted by Crippen LogP contribution is -1.83. The Morgan fingerprint density at radius 1 is 0.552 bits per heavy atom. The molecule has 3 N–H and O–H groups in total. The lowest BCUT2D eigenvalue weighted by Gasteiger charge is -1.99. The summed E-state index contributed by atoms with van der Waals surface area (Å²) in [6.45, 7) is 16.9. The first-order valence-corrected chi connectivity index (χ1v) is 9.41. The Balaban J connectivity index is 0.000000401. The maximum atomic E-state index is 3.74.